The maximum absolute atomic E-state index is 4.33. The summed E-state index contributed by atoms with van der Waals surface area (Å²) >= 11 is 0. The molecule has 0 aliphatic rings. The molecule has 0 amide bonds. The molecule has 0 atom stereocenters. The van der Waals surface area contributed by atoms with Crippen LogP contribution in [0.4, 0.5) is 0 Å². The Labute approximate surface area is 178 Å². The van der Waals surface area contributed by atoms with Crippen molar-refractivity contribution in [2.45, 2.75) is 26.9 Å². The Balaban J connectivity index is 0.00000261. The molecular weight excluding hydrogens is 449 g/mol. The van der Waals surface area contributed by atoms with Crippen LogP contribution in [0.15, 0.2) is 66.2 Å². The van der Waals surface area contributed by atoms with E-state index in [9.17, 15) is 0 Å². The largest absolute Gasteiger partial charge is 0.352 e. The molecule has 0 unspecified atom stereocenters. The van der Waals surface area contributed by atoms with Crippen LogP contribution in [0.25, 0.3) is 5.69 Å². The Morgan fingerprint density at radius 3 is 2.44 bits per heavy atom. The van der Waals surface area contributed by atoms with Gasteiger partial charge in [0.1, 0.15) is 0 Å². The molecule has 3 rings (SSSR count). The van der Waals surface area contributed by atoms with E-state index in [2.05, 4.69) is 64.8 Å². The zero-order chi connectivity index (χ0) is 18.4. The van der Waals surface area contributed by atoms with Crippen molar-refractivity contribution in [1.29, 1.82) is 0 Å². The summed E-state index contributed by atoms with van der Waals surface area (Å²) < 4.78 is 2.02. The summed E-state index contributed by atoms with van der Waals surface area (Å²) in [6, 6.07) is 14.8. The Kier molecular flexibility index (Phi) is 7.84. The van der Waals surface area contributed by atoms with Crippen molar-refractivity contribution in [2.24, 2.45) is 4.99 Å². The van der Waals surface area contributed by atoms with Crippen LogP contribution in [-0.4, -0.2) is 22.6 Å². The van der Waals surface area contributed by atoms with E-state index in [4.69, 9.17) is 0 Å². The maximum Gasteiger partial charge on any atom is 0.191 e. The fraction of sp³-hybridized carbons (Fsp3) is 0.238. The minimum atomic E-state index is 0. The lowest BCUT2D eigenvalue weighted by Crippen LogP contribution is -2.36. The minimum absolute atomic E-state index is 0. The number of halogens is 1. The first-order chi connectivity index (χ1) is 12.7. The van der Waals surface area contributed by atoms with Crippen molar-refractivity contribution in [2.75, 3.05) is 7.05 Å². The quantitative estimate of drug-likeness (QED) is 0.334. The van der Waals surface area contributed by atoms with Gasteiger partial charge in [-0.15, -0.1) is 24.0 Å². The Morgan fingerprint density at radius 1 is 1.04 bits per heavy atom. The standard InChI is InChI=1S/C21H25N5.HI/c1-16-8-9-18(17(2)12-16)13-24-21(22-3)25-14-19-6-4-5-7-20(19)26-11-10-23-15-26;/h4-12,15H,13-14H2,1-3H3,(H2,22,24,25);1H. The van der Waals surface area contributed by atoms with E-state index in [1.807, 2.05) is 29.2 Å². The lowest BCUT2D eigenvalue weighted by atomic mass is 10.1. The molecule has 27 heavy (non-hydrogen) atoms. The number of nitrogens with one attached hydrogen (secondary N) is 2. The SMILES string of the molecule is CN=C(NCc1ccc(C)cc1C)NCc1ccccc1-n1ccnc1.I. The van der Waals surface area contributed by atoms with Crippen LogP contribution in [0.3, 0.4) is 0 Å². The zero-order valence-electron chi connectivity index (χ0n) is 15.9. The fourth-order valence-electron chi connectivity index (χ4n) is 2.94. The molecule has 0 radical (unpaired) electrons. The molecule has 0 aliphatic heterocycles. The molecule has 0 saturated heterocycles. The van der Waals surface area contributed by atoms with Crippen molar-refractivity contribution >= 4 is 29.9 Å². The average molecular weight is 475 g/mol. The van der Waals surface area contributed by atoms with Crippen LogP contribution in [0, 0.1) is 13.8 Å². The van der Waals surface area contributed by atoms with Crippen LogP contribution >= 0.6 is 24.0 Å². The number of rotatable bonds is 5. The fourth-order valence-corrected chi connectivity index (χ4v) is 2.94. The third-order valence-electron chi connectivity index (χ3n) is 4.39. The van der Waals surface area contributed by atoms with Crippen molar-refractivity contribution in [3.8, 4) is 5.69 Å². The van der Waals surface area contributed by atoms with Crippen LogP contribution in [-0.2, 0) is 13.1 Å². The van der Waals surface area contributed by atoms with Gasteiger partial charge in [0.05, 0.1) is 12.0 Å². The molecule has 0 saturated carbocycles. The number of aromatic nitrogens is 2. The number of aliphatic imine (C=N–C) groups is 1. The lowest BCUT2D eigenvalue weighted by molar-refractivity contribution is 0.801. The van der Waals surface area contributed by atoms with Crippen LogP contribution in [0.5, 0.6) is 0 Å². The molecule has 3 aromatic rings. The second kappa shape index (κ2) is 10.1. The number of hydrogen-bond donors (Lipinski definition) is 2. The molecule has 1 aromatic heterocycles. The van der Waals surface area contributed by atoms with Gasteiger partial charge in [0.2, 0.25) is 0 Å². The Bertz CT molecular complexity index is 887. The Hall–Kier alpha value is -2.35. The van der Waals surface area contributed by atoms with E-state index in [1.165, 1.54) is 22.3 Å². The highest BCUT2D eigenvalue weighted by Crippen LogP contribution is 2.14. The number of para-hydroxylation sites is 1. The van der Waals surface area contributed by atoms with Crippen LogP contribution < -0.4 is 10.6 Å². The summed E-state index contributed by atoms with van der Waals surface area (Å²) in [4.78, 5) is 8.47. The predicted octanol–water partition coefficient (Wildman–Crippen LogP) is 3.97. The first-order valence-electron chi connectivity index (χ1n) is 8.74. The van der Waals surface area contributed by atoms with Gasteiger partial charge in [-0.25, -0.2) is 4.98 Å². The summed E-state index contributed by atoms with van der Waals surface area (Å²) in [5.41, 5.74) is 6.14. The van der Waals surface area contributed by atoms with E-state index in [0.29, 0.717) is 6.54 Å². The normalized spacial score (nSPS) is 11.0. The maximum atomic E-state index is 4.33. The summed E-state index contributed by atoms with van der Waals surface area (Å²) in [7, 11) is 1.79. The number of benzene rings is 2. The third-order valence-corrected chi connectivity index (χ3v) is 4.39. The number of aryl methyl sites for hydroxylation is 2. The van der Waals surface area contributed by atoms with E-state index >= 15 is 0 Å². The lowest BCUT2D eigenvalue weighted by Gasteiger charge is -2.15. The summed E-state index contributed by atoms with van der Waals surface area (Å²) in [6.07, 6.45) is 5.55. The van der Waals surface area contributed by atoms with E-state index in [0.717, 1.165) is 18.2 Å². The molecule has 2 aromatic carbocycles. The molecule has 6 heteroatoms. The molecule has 0 spiro atoms. The predicted molar refractivity (Wildman–Crippen MR) is 122 cm³/mol. The van der Waals surface area contributed by atoms with Gasteiger partial charge in [0, 0.05) is 32.5 Å². The molecular formula is C21H26IN5. The highest BCUT2D eigenvalue weighted by molar-refractivity contribution is 14.0. The minimum Gasteiger partial charge on any atom is -0.352 e. The van der Waals surface area contributed by atoms with Crippen molar-refractivity contribution in [3.63, 3.8) is 0 Å². The van der Waals surface area contributed by atoms with Crippen molar-refractivity contribution < 1.29 is 0 Å². The monoisotopic (exact) mass is 475 g/mol. The second-order valence-corrected chi connectivity index (χ2v) is 6.31. The van der Waals surface area contributed by atoms with Gasteiger partial charge in [-0.1, -0.05) is 42.0 Å². The van der Waals surface area contributed by atoms with E-state index in [-0.39, 0.29) is 24.0 Å². The topological polar surface area (TPSA) is 54.2 Å². The molecule has 0 aliphatic carbocycles. The van der Waals surface area contributed by atoms with Gasteiger partial charge >= 0.3 is 0 Å². The van der Waals surface area contributed by atoms with Gasteiger partial charge in [0.25, 0.3) is 0 Å². The number of hydrogen-bond acceptors (Lipinski definition) is 2. The van der Waals surface area contributed by atoms with Gasteiger partial charge in [-0.2, -0.15) is 0 Å². The third kappa shape index (κ3) is 5.56. The molecule has 2 N–H and O–H groups in total. The summed E-state index contributed by atoms with van der Waals surface area (Å²) in [6.45, 7) is 5.68. The van der Waals surface area contributed by atoms with Gasteiger partial charge in [-0.05, 0) is 36.6 Å². The number of nitrogens with zero attached hydrogens (tertiary/aromatic N) is 3. The summed E-state index contributed by atoms with van der Waals surface area (Å²) in [5, 5.41) is 6.78. The van der Waals surface area contributed by atoms with Gasteiger partial charge < -0.3 is 15.2 Å². The smallest absolute Gasteiger partial charge is 0.191 e. The van der Waals surface area contributed by atoms with Crippen molar-refractivity contribution in [1.82, 2.24) is 20.2 Å². The van der Waals surface area contributed by atoms with Gasteiger partial charge in [0.15, 0.2) is 5.96 Å². The zero-order valence-corrected chi connectivity index (χ0v) is 18.3. The molecule has 1 heterocycles. The molecule has 142 valence electrons. The Morgan fingerprint density at radius 2 is 1.78 bits per heavy atom. The molecule has 0 fully saturated rings. The second-order valence-electron chi connectivity index (χ2n) is 6.31. The number of imidazole rings is 1. The van der Waals surface area contributed by atoms with E-state index in [1.54, 1.807) is 13.2 Å². The number of guanidine groups is 1. The van der Waals surface area contributed by atoms with Crippen molar-refractivity contribution in [3.05, 3.63) is 83.4 Å². The van der Waals surface area contributed by atoms with Crippen LogP contribution in [0.1, 0.15) is 22.3 Å². The highest BCUT2D eigenvalue weighted by Gasteiger charge is 2.06. The molecule has 0 bridgehead atoms. The summed E-state index contributed by atoms with van der Waals surface area (Å²) in [5.74, 6) is 0.783. The van der Waals surface area contributed by atoms with E-state index < -0.39 is 0 Å². The van der Waals surface area contributed by atoms with Crippen LogP contribution in [0.2, 0.25) is 0 Å². The first kappa shape index (κ1) is 21.0. The molecule has 5 nitrogen and oxygen atoms in total. The highest BCUT2D eigenvalue weighted by atomic mass is 127. The first-order valence-corrected chi connectivity index (χ1v) is 8.74. The van der Waals surface area contributed by atoms with Gasteiger partial charge in [-0.3, -0.25) is 4.99 Å². The average Bonchev–Trinajstić information content (AvgIpc) is 3.18.